The van der Waals surface area contributed by atoms with Crippen LogP contribution in [0.1, 0.15) is 26.3 Å². The Kier molecular flexibility index (Phi) is 4.82. The maximum atomic E-state index is 11.5. The van der Waals surface area contributed by atoms with Crippen LogP contribution < -0.4 is 5.73 Å². The first-order valence-electron chi connectivity index (χ1n) is 6.04. The second kappa shape index (κ2) is 5.76. The van der Waals surface area contributed by atoms with Crippen molar-refractivity contribution >= 4 is 17.7 Å². The van der Waals surface area contributed by atoms with Gasteiger partial charge in [0.25, 0.3) is 5.91 Å². The average Bonchev–Trinajstić information content (AvgIpc) is 2.30. The van der Waals surface area contributed by atoms with Crippen LogP contribution in [0.2, 0.25) is 0 Å². The van der Waals surface area contributed by atoms with Crippen LogP contribution in [0.25, 0.3) is 0 Å². The number of aryl methyl sites for hydroxylation is 1. The number of carbonyl (C=O) groups excluding carboxylic acids is 1. The van der Waals surface area contributed by atoms with Crippen LogP contribution in [0, 0.1) is 12.8 Å². The van der Waals surface area contributed by atoms with Gasteiger partial charge in [-0.25, -0.2) is 0 Å². The van der Waals surface area contributed by atoms with Gasteiger partial charge in [0.1, 0.15) is 0 Å². The Morgan fingerprint density at radius 2 is 1.78 bits per heavy atom. The number of nitrogens with two attached hydrogens (primary N) is 1. The first-order chi connectivity index (χ1) is 8.28. The summed E-state index contributed by atoms with van der Waals surface area (Å²) in [6.45, 7) is 7.45. The van der Waals surface area contributed by atoms with Gasteiger partial charge in [-0.3, -0.25) is 4.79 Å². The van der Waals surface area contributed by atoms with Crippen molar-refractivity contribution in [1.29, 1.82) is 0 Å². The molecule has 0 aliphatic rings. The molecule has 1 aromatic rings. The minimum atomic E-state index is -1.49. The summed E-state index contributed by atoms with van der Waals surface area (Å²) in [4.78, 5) is 12.5. The Labute approximate surface area is 113 Å². The van der Waals surface area contributed by atoms with E-state index in [1.165, 1.54) is 17.3 Å². The summed E-state index contributed by atoms with van der Waals surface area (Å²) >= 11 is 1.47. The molecule has 3 N–H and O–H groups in total. The highest BCUT2D eigenvalue weighted by atomic mass is 32.2. The zero-order chi connectivity index (χ0) is 13.9. The minimum absolute atomic E-state index is 0.219. The van der Waals surface area contributed by atoms with E-state index < -0.39 is 11.5 Å². The van der Waals surface area contributed by atoms with Crippen LogP contribution >= 0.6 is 11.8 Å². The summed E-state index contributed by atoms with van der Waals surface area (Å²) < 4.78 is 0. The molecule has 1 amide bonds. The Balaban J connectivity index is 2.89. The summed E-state index contributed by atoms with van der Waals surface area (Å²) in [5, 5.41) is 10.2. The smallest absolute Gasteiger partial charge is 0.250 e. The molecular formula is C14H21NO2S. The summed E-state index contributed by atoms with van der Waals surface area (Å²) in [7, 11) is 0. The highest BCUT2D eigenvalue weighted by Gasteiger charge is 2.43. The number of rotatable bonds is 5. The van der Waals surface area contributed by atoms with E-state index in [-0.39, 0.29) is 11.2 Å². The minimum Gasteiger partial charge on any atom is -0.379 e. The van der Waals surface area contributed by atoms with Crippen LogP contribution in [-0.2, 0) is 4.79 Å². The molecule has 3 nitrogen and oxygen atoms in total. The third-order valence-electron chi connectivity index (χ3n) is 3.23. The van der Waals surface area contributed by atoms with E-state index in [9.17, 15) is 9.90 Å². The maximum Gasteiger partial charge on any atom is 0.250 e. The van der Waals surface area contributed by atoms with Crippen molar-refractivity contribution in [2.75, 3.05) is 0 Å². The molecule has 1 rings (SSSR count). The lowest BCUT2D eigenvalue weighted by Gasteiger charge is -2.34. The third kappa shape index (κ3) is 3.06. The normalized spacial score (nSPS) is 16.3. The lowest BCUT2D eigenvalue weighted by molar-refractivity contribution is -0.140. The number of aliphatic hydroxyl groups is 1. The molecule has 0 spiro atoms. The third-order valence-corrected chi connectivity index (χ3v) is 4.49. The lowest BCUT2D eigenvalue weighted by atomic mass is 9.87. The number of primary amides is 1. The molecule has 18 heavy (non-hydrogen) atoms. The van der Waals surface area contributed by atoms with Crippen LogP contribution in [0.3, 0.4) is 0 Å². The molecule has 0 saturated carbocycles. The molecule has 0 aliphatic heterocycles. The van der Waals surface area contributed by atoms with Crippen molar-refractivity contribution in [3.8, 4) is 0 Å². The molecule has 100 valence electrons. The van der Waals surface area contributed by atoms with E-state index in [0.717, 1.165) is 4.90 Å². The molecule has 0 unspecified atom stereocenters. The highest BCUT2D eigenvalue weighted by molar-refractivity contribution is 8.00. The van der Waals surface area contributed by atoms with E-state index >= 15 is 0 Å². The maximum absolute atomic E-state index is 11.5. The van der Waals surface area contributed by atoms with E-state index in [4.69, 9.17) is 5.73 Å². The van der Waals surface area contributed by atoms with E-state index in [1.54, 1.807) is 13.8 Å². The van der Waals surface area contributed by atoms with Crippen molar-refractivity contribution in [1.82, 2.24) is 0 Å². The van der Waals surface area contributed by atoms with Crippen LogP contribution in [0.4, 0.5) is 0 Å². The zero-order valence-electron chi connectivity index (χ0n) is 11.3. The number of thioether (sulfide) groups is 1. The largest absolute Gasteiger partial charge is 0.379 e. The molecule has 0 heterocycles. The summed E-state index contributed by atoms with van der Waals surface area (Å²) in [6, 6.07) is 7.98. The molecule has 2 atom stereocenters. The van der Waals surface area contributed by atoms with E-state index in [1.807, 2.05) is 38.1 Å². The quantitative estimate of drug-likeness (QED) is 0.805. The summed E-state index contributed by atoms with van der Waals surface area (Å²) in [6.07, 6.45) is 0. The molecule has 0 aromatic heterocycles. The van der Waals surface area contributed by atoms with Gasteiger partial charge in [0.15, 0.2) is 5.60 Å². The first-order valence-corrected chi connectivity index (χ1v) is 6.92. The van der Waals surface area contributed by atoms with Gasteiger partial charge in [-0.1, -0.05) is 31.5 Å². The lowest BCUT2D eigenvalue weighted by Crippen LogP contribution is -2.54. The zero-order valence-corrected chi connectivity index (χ0v) is 12.1. The van der Waals surface area contributed by atoms with Gasteiger partial charge in [-0.05, 0) is 31.9 Å². The number of benzene rings is 1. The molecule has 0 saturated heterocycles. The summed E-state index contributed by atoms with van der Waals surface area (Å²) in [5.41, 5.74) is 5.04. The standard InChI is InChI=1S/C14H21NO2S/c1-9(2)14(17,13(15)16)11(4)18-12-7-5-10(3)6-8-12/h5-9,11,17H,1-4H3,(H2,15,16)/t11-,14+/m0/s1. The van der Waals surface area contributed by atoms with E-state index in [2.05, 4.69) is 0 Å². The second-order valence-electron chi connectivity index (χ2n) is 4.92. The number of amides is 1. The predicted molar refractivity (Wildman–Crippen MR) is 75.5 cm³/mol. The number of hydrogen-bond acceptors (Lipinski definition) is 3. The molecule has 0 radical (unpaired) electrons. The molecule has 0 bridgehead atoms. The average molecular weight is 267 g/mol. The molecule has 4 heteroatoms. The Hall–Kier alpha value is -1.00. The Bertz CT molecular complexity index is 416. The molecule has 1 aromatic carbocycles. The number of carbonyl (C=O) groups is 1. The van der Waals surface area contributed by atoms with Crippen molar-refractivity contribution < 1.29 is 9.90 Å². The van der Waals surface area contributed by atoms with Gasteiger partial charge >= 0.3 is 0 Å². The van der Waals surface area contributed by atoms with Gasteiger partial charge in [0, 0.05) is 10.1 Å². The SMILES string of the molecule is Cc1ccc(S[C@@H](C)[C@@](O)(C(N)=O)C(C)C)cc1. The Morgan fingerprint density at radius 1 is 1.28 bits per heavy atom. The van der Waals surface area contributed by atoms with Crippen molar-refractivity contribution in [3.05, 3.63) is 29.8 Å². The van der Waals surface area contributed by atoms with Crippen LogP contribution in [0.15, 0.2) is 29.2 Å². The Morgan fingerprint density at radius 3 is 2.17 bits per heavy atom. The van der Waals surface area contributed by atoms with Crippen LogP contribution in [-0.4, -0.2) is 21.9 Å². The fourth-order valence-corrected chi connectivity index (χ4v) is 3.13. The van der Waals surface area contributed by atoms with Gasteiger partial charge in [0.2, 0.25) is 0 Å². The van der Waals surface area contributed by atoms with Crippen molar-refractivity contribution in [3.63, 3.8) is 0 Å². The van der Waals surface area contributed by atoms with E-state index in [0.29, 0.717) is 0 Å². The summed E-state index contributed by atoms with van der Waals surface area (Å²) in [5.74, 6) is -0.882. The predicted octanol–water partition coefficient (Wildman–Crippen LogP) is 2.35. The molecule has 0 aliphatic carbocycles. The first kappa shape index (κ1) is 15.1. The van der Waals surface area contributed by atoms with Crippen molar-refractivity contribution in [2.24, 2.45) is 11.7 Å². The van der Waals surface area contributed by atoms with Gasteiger partial charge in [-0.15, -0.1) is 11.8 Å². The molecular weight excluding hydrogens is 246 g/mol. The van der Waals surface area contributed by atoms with Gasteiger partial charge < -0.3 is 10.8 Å². The van der Waals surface area contributed by atoms with Crippen molar-refractivity contribution in [2.45, 2.75) is 43.4 Å². The topological polar surface area (TPSA) is 63.3 Å². The highest BCUT2D eigenvalue weighted by Crippen LogP contribution is 2.34. The van der Waals surface area contributed by atoms with Crippen LogP contribution in [0.5, 0.6) is 0 Å². The second-order valence-corrected chi connectivity index (χ2v) is 6.33. The fraction of sp³-hybridized carbons (Fsp3) is 0.500. The molecule has 0 fully saturated rings. The van der Waals surface area contributed by atoms with Gasteiger partial charge in [0.05, 0.1) is 0 Å². The number of hydrogen-bond donors (Lipinski definition) is 2. The fourth-order valence-electron chi connectivity index (χ4n) is 1.87. The van der Waals surface area contributed by atoms with Gasteiger partial charge in [-0.2, -0.15) is 0 Å². The monoisotopic (exact) mass is 267 g/mol.